The van der Waals surface area contributed by atoms with Crippen LogP contribution in [-0.4, -0.2) is 23.5 Å². The van der Waals surface area contributed by atoms with E-state index in [0.717, 1.165) is 0 Å². The Hall–Kier alpha value is -1.78. The highest BCUT2D eigenvalue weighted by atomic mass is 16.6. The van der Waals surface area contributed by atoms with Crippen LogP contribution in [0.1, 0.15) is 0 Å². The largest absolute Gasteiger partial charge is 0.486 e. The molecular formula is C8H6N2O3. The van der Waals surface area contributed by atoms with E-state index in [1.54, 1.807) is 12.1 Å². The summed E-state index contributed by atoms with van der Waals surface area (Å²) < 4.78 is 15.4. The molecule has 0 unspecified atom stereocenters. The van der Waals surface area contributed by atoms with Crippen LogP contribution in [0.3, 0.4) is 0 Å². The van der Waals surface area contributed by atoms with Crippen LogP contribution in [0.4, 0.5) is 0 Å². The van der Waals surface area contributed by atoms with Crippen molar-refractivity contribution in [2.24, 2.45) is 0 Å². The molecule has 0 aliphatic carbocycles. The van der Waals surface area contributed by atoms with Gasteiger partial charge in [0.25, 0.3) is 0 Å². The number of rotatable bonds is 0. The average molecular weight is 178 g/mol. The SMILES string of the molecule is c1cc2nonc2c2c1OCCO2. The van der Waals surface area contributed by atoms with Gasteiger partial charge >= 0.3 is 0 Å². The predicted octanol–water partition coefficient (Wildman–Crippen LogP) is 0.994. The first-order chi connectivity index (χ1) is 6.45. The van der Waals surface area contributed by atoms with Crippen LogP contribution in [0.2, 0.25) is 0 Å². The summed E-state index contributed by atoms with van der Waals surface area (Å²) in [6.45, 7) is 1.11. The van der Waals surface area contributed by atoms with Gasteiger partial charge in [0.05, 0.1) is 0 Å². The summed E-state index contributed by atoms with van der Waals surface area (Å²) in [4.78, 5) is 0. The van der Waals surface area contributed by atoms with Crippen LogP contribution in [0.5, 0.6) is 11.5 Å². The minimum Gasteiger partial charge on any atom is -0.486 e. The Kier molecular flexibility index (Phi) is 1.21. The van der Waals surface area contributed by atoms with E-state index < -0.39 is 0 Å². The first-order valence-electron chi connectivity index (χ1n) is 3.96. The Morgan fingerprint density at radius 3 is 3.00 bits per heavy atom. The first-order valence-corrected chi connectivity index (χ1v) is 3.96. The van der Waals surface area contributed by atoms with Crippen LogP contribution in [0, 0.1) is 0 Å². The monoisotopic (exact) mass is 178 g/mol. The smallest absolute Gasteiger partial charge is 0.192 e. The standard InChI is InChI=1S/C8H6N2O3/c1-2-6-8(12-4-3-11-6)7-5(1)9-13-10-7/h1-2H,3-4H2. The highest BCUT2D eigenvalue weighted by Crippen LogP contribution is 2.35. The summed E-state index contributed by atoms with van der Waals surface area (Å²) in [5, 5.41) is 7.45. The average Bonchev–Trinajstić information content (AvgIpc) is 2.65. The summed E-state index contributed by atoms with van der Waals surface area (Å²) in [7, 11) is 0. The van der Waals surface area contributed by atoms with Crippen molar-refractivity contribution in [1.82, 2.24) is 10.3 Å². The molecule has 0 bridgehead atoms. The number of hydrogen-bond donors (Lipinski definition) is 0. The molecule has 0 spiro atoms. The van der Waals surface area contributed by atoms with Gasteiger partial charge in [-0.05, 0) is 22.4 Å². The van der Waals surface area contributed by atoms with Gasteiger partial charge in [-0.3, -0.25) is 0 Å². The van der Waals surface area contributed by atoms with Crippen molar-refractivity contribution in [1.29, 1.82) is 0 Å². The molecule has 0 saturated carbocycles. The lowest BCUT2D eigenvalue weighted by Gasteiger charge is -2.17. The minimum absolute atomic E-state index is 0.541. The fraction of sp³-hybridized carbons (Fsp3) is 0.250. The summed E-state index contributed by atoms with van der Waals surface area (Å²) >= 11 is 0. The van der Waals surface area contributed by atoms with Crippen LogP contribution in [0.15, 0.2) is 16.8 Å². The predicted molar refractivity (Wildman–Crippen MR) is 42.8 cm³/mol. The van der Waals surface area contributed by atoms with Gasteiger partial charge in [0.2, 0.25) is 0 Å². The second kappa shape index (κ2) is 2.35. The van der Waals surface area contributed by atoms with E-state index in [4.69, 9.17) is 9.47 Å². The normalized spacial score (nSPS) is 14.8. The van der Waals surface area contributed by atoms with Gasteiger partial charge in [-0.2, -0.15) is 0 Å². The number of nitrogens with zero attached hydrogens (tertiary/aromatic N) is 2. The molecule has 1 aliphatic heterocycles. The second-order valence-corrected chi connectivity index (χ2v) is 2.72. The van der Waals surface area contributed by atoms with Gasteiger partial charge in [0, 0.05) is 0 Å². The molecule has 5 nitrogen and oxygen atoms in total. The molecular weight excluding hydrogens is 172 g/mol. The van der Waals surface area contributed by atoms with Crippen LogP contribution < -0.4 is 9.47 Å². The number of fused-ring (bicyclic) bond motifs is 3. The summed E-state index contributed by atoms with van der Waals surface area (Å²) in [6.07, 6.45) is 0. The van der Waals surface area contributed by atoms with E-state index in [2.05, 4.69) is 14.9 Å². The summed E-state index contributed by atoms with van der Waals surface area (Å²) in [5.41, 5.74) is 1.31. The van der Waals surface area contributed by atoms with Crippen molar-refractivity contribution in [3.8, 4) is 11.5 Å². The lowest BCUT2D eigenvalue weighted by atomic mass is 10.2. The highest BCUT2D eigenvalue weighted by Gasteiger charge is 2.17. The number of ether oxygens (including phenoxy) is 2. The Morgan fingerprint density at radius 2 is 2.00 bits per heavy atom. The Morgan fingerprint density at radius 1 is 1.08 bits per heavy atom. The lowest BCUT2D eigenvalue weighted by molar-refractivity contribution is 0.173. The van der Waals surface area contributed by atoms with Crippen LogP contribution in [0.25, 0.3) is 11.0 Å². The van der Waals surface area contributed by atoms with Gasteiger partial charge < -0.3 is 9.47 Å². The van der Waals surface area contributed by atoms with Crippen molar-refractivity contribution in [2.75, 3.05) is 13.2 Å². The molecule has 0 amide bonds. The van der Waals surface area contributed by atoms with Crippen molar-refractivity contribution in [3.05, 3.63) is 12.1 Å². The zero-order valence-electron chi connectivity index (χ0n) is 6.69. The highest BCUT2D eigenvalue weighted by molar-refractivity contribution is 5.83. The van der Waals surface area contributed by atoms with E-state index in [1.807, 2.05) is 0 Å². The van der Waals surface area contributed by atoms with Gasteiger partial charge in [-0.1, -0.05) is 0 Å². The quantitative estimate of drug-likeness (QED) is 0.602. The molecule has 0 radical (unpaired) electrons. The molecule has 1 aliphatic rings. The summed E-state index contributed by atoms with van der Waals surface area (Å²) in [5.74, 6) is 1.33. The zero-order chi connectivity index (χ0) is 8.67. The van der Waals surface area contributed by atoms with Gasteiger partial charge in [0.15, 0.2) is 17.0 Å². The third-order valence-electron chi connectivity index (χ3n) is 1.93. The summed E-state index contributed by atoms with van der Waals surface area (Å²) in [6, 6.07) is 3.60. The molecule has 1 aromatic carbocycles. The molecule has 0 saturated heterocycles. The number of benzene rings is 1. The molecule has 5 heteroatoms. The topological polar surface area (TPSA) is 57.4 Å². The van der Waals surface area contributed by atoms with Crippen LogP contribution >= 0.6 is 0 Å². The molecule has 2 aromatic rings. The molecule has 13 heavy (non-hydrogen) atoms. The Bertz CT molecular complexity index is 452. The number of aromatic nitrogens is 2. The maximum atomic E-state index is 5.41. The Labute approximate surface area is 73.2 Å². The fourth-order valence-electron chi connectivity index (χ4n) is 1.36. The molecule has 2 heterocycles. The van der Waals surface area contributed by atoms with Gasteiger partial charge in [-0.25, -0.2) is 4.63 Å². The van der Waals surface area contributed by atoms with E-state index in [1.165, 1.54) is 0 Å². The van der Waals surface area contributed by atoms with Crippen molar-refractivity contribution < 1.29 is 14.1 Å². The maximum Gasteiger partial charge on any atom is 0.192 e. The van der Waals surface area contributed by atoms with Crippen molar-refractivity contribution >= 4 is 11.0 Å². The molecule has 66 valence electrons. The first kappa shape index (κ1) is 6.71. The van der Waals surface area contributed by atoms with E-state index >= 15 is 0 Å². The second-order valence-electron chi connectivity index (χ2n) is 2.72. The fourth-order valence-corrected chi connectivity index (χ4v) is 1.36. The molecule has 0 N–H and O–H groups in total. The van der Waals surface area contributed by atoms with Crippen molar-refractivity contribution in [3.63, 3.8) is 0 Å². The zero-order valence-corrected chi connectivity index (χ0v) is 6.69. The Balaban J connectivity index is 2.34. The minimum atomic E-state index is 0.541. The van der Waals surface area contributed by atoms with E-state index in [0.29, 0.717) is 35.7 Å². The van der Waals surface area contributed by atoms with Crippen molar-refractivity contribution in [2.45, 2.75) is 0 Å². The van der Waals surface area contributed by atoms with Gasteiger partial charge in [-0.15, -0.1) is 0 Å². The van der Waals surface area contributed by atoms with Gasteiger partial charge in [0.1, 0.15) is 18.7 Å². The number of hydrogen-bond acceptors (Lipinski definition) is 5. The molecule has 1 aromatic heterocycles. The van der Waals surface area contributed by atoms with E-state index in [9.17, 15) is 0 Å². The molecule has 0 atom stereocenters. The maximum absolute atomic E-state index is 5.41. The van der Waals surface area contributed by atoms with E-state index in [-0.39, 0.29) is 0 Å². The lowest BCUT2D eigenvalue weighted by Crippen LogP contribution is -2.15. The van der Waals surface area contributed by atoms with Crippen LogP contribution in [-0.2, 0) is 0 Å². The molecule has 0 fully saturated rings. The molecule has 3 rings (SSSR count). The third-order valence-corrected chi connectivity index (χ3v) is 1.93. The third kappa shape index (κ3) is 0.867.